The first-order chi connectivity index (χ1) is 7.85. The van der Waals surface area contributed by atoms with Crippen LogP contribution in [0.1, 0.15) is 38.8 Å². The van der Waals surface area contributed by atoms with Gasteiger partial charge in [-0.15, -0.1) is 0 Å². The topological polar surface area (TPSA) is 55.5 Å². The molecule has 0 amide bonds. The van der Waals surface area contributed by atoms with Gasteiger partial charge >= 0.3 is 0 Å². The van der Waals surface area contributed by atoms with E-state index >= 15 is 0 Å². The average molecular weight is 241 g/mol. The quantitative estimate of drug-likeness (QED) is 0.832. The fourth-order valence-electron chi connectivity index (χ4n) is 1.34. The normalized spacial score (nSPS) is 16.4. The Morgan fingerprint density at radius 3 is 2.71 bits per heavy atom. The van der Waals surface area contributed by atoms with Crippen LogP contribution in [0.5, 0.6) is 5.75 Å². The monoisotopic (exact) mass is 241 g/mol. The van der Waals surface area contributed by atoms with Crippen LogP contribution in [0.3, 0.4) is 0 Å². The van der Waals surface area contributed by atoms with Gasteiger partial charge in [-0.1, -0.05) is 6.92 Å². The van der Waals surface area contributed by atoms with E-state index in [9.17, 15) is 9.50 Å². The molecule has 0 spiro atoms. The summed E-state index contributed by atoms with van der Waals surface area (Å²) in [6.07, 6.45) is 0.585. The van der Waals surface area contributed by atoms with Crippen LogP contribution in [-0.4, -0.2) is 17.3 Å². The number of aliphatic hydroxyl groups is 1. The van der Waals surface area contributed by atoms with E-state index in [0.717, 1.165) is 0 Å². The van der Waals surface area contributed by atoms with Crippen molar-refractivity contribution in [1.82, 2.24) is 0 Å². The number of benzene rings is 1. The Morgan fingerprint density at radius 1 is 1.53 bits per heavy atom. The highest BCUT2D eigenvalue weighted by Gasteiger charge is 2.19. The second-order valence-corrected chi connectivity index (χ2v) is 4.61. The Kier molecular flexibility index (Phi) is 4.48. The van der Waals surface area contributed by atoms with E-state index in [0.29, 0.717) is 17.7 Å². The van der Waals surface area contributed by atoms with Crippen LogP contribution in [-0.2, 0) is 0 Å². The van der Waals surface area contributed by atoms with Gasteiger partial charge in [0.2, 0.25) is 0 Å². The second kappa shape index (κ2) is 5.47. The van der Waals surface area contributed by atoms with Crippen LogP contribution in [0.15, 0.2) is 18.2 Å². The van der Waals surface area contributed by atoms with Crippen molar-refractivity contribution in [3.63, 3.8) is 0 Å². The maximum absolute atomic E-state index is 13.1. The number of hydrogen-bond acceptors (Lipinski definition) is 3. The Labute approximate surface area is 101 Å². The zero-order chi connectivity index (χ0) is 13.1. The molecule has 2 unspecified atom stereocenters. The first-order valence-corrected chi connectivity index (χ1v) is 5.76. The van der Waals surface area contributed by atoms with Crippen molar-refractivity contribution in [3.8, 4) is 5.75 Å². The van der Waals surface area contributed by atoms with Crippen molar-refractivity contribution in [2.45, 2.75) is 38.8 Å². The molecular formula is C13H20FNO2. The summed E-state index contributed by atoms with van der Waals surface area (Å²) < 4.78 is 18.6. The van der Waals surface area contributed by atoms with E-state index in [1.165, 1.54) is 12.1 Å². The van der Waals surface area contributed by atoms with Crippen molar-refractivity contribution in [2.75, 3.05) is 6.61 Å². The van der Waals surface area contributed by atoms with Gasteiger partial charge in [-0.2, -0.15) is 0 Å². The van der Waals surface area contributed by atoms with E-state index in [4.69, 9.17) is 10.5 Å². The lowest BCUT2D eigenvalue weighted by Crippen LogP contribution is -2.31. The minimum Gasteiger partial charge on any atom is -0.490 e. The van der Waals surface area contributed by atoms with E-state index in [1.54, 1.807) is 19.9 Å². The number of ether oxygens (including phenoxy) is 1. The fraction of sp³-hybridized carbons (Fsp3) is 0.538. The standard InChI is InChI=1S/C13H20FNO2/c1-4-13(3,16)8-17-12-6-5-10(14)7-11(12)9(2)15/h5-7,9,16H,4,8,15H2,1-3H3. The van der Waals surface area contributed by atoms with E-state index < -0.39 is 5.60 Å². The molecule has 0 bridgehead atoms. The lowest BCUT2D eigenvalue weighted by atomic mass is 10.1. The predicted octanol–water partition coefficient (Wildman–Crippen LogP) is 2.39. The Balaban J connectivity index is 2.84. The van der Waals surface area contributed by atoms with Crippen molar-refractivity contribution in [1.29, 1.82) is 0 Å². The van der Waals surface area contributed by atoms with Crippen LogP contribution in [0.4, 0.5) is 4.39 Å². The molecule has 1 aromatic carbocycles. The summed E-state index contributed by atoms with van der Waals surface area (Å²) in [7, 11) is 0. The molecule has 0 aromatic heterocycles. The van der Waals surface area contributed by atoms with Gasteiger partial charge in [0.1, 0.15) is 18.2 Å². The highest BCUT2D eigenvalue weighted by Crippen LogP contribution is 2.25. The maximum Gasteiger partial charge on any atom is 0.124 e. The second-order valence-electron chi connectivity index (χ2n) is 4.61. The third-order valence-electron chi connectivity index (χ3n) is 2.76. The number of halogens is 1. The van der Waals surface area contributed by atoms with Crippen LogP contribution >= 0.6 is 0 Å². The summed E-state index contributed by atoms with van der Waals surface area (Å²) in [4.78, 5) is 0. The molecule has 0 aliphatic carbocycles. The molecule has 2 atom stereocenters. The third kappa shape index (κ3) is 3.98. The number of hydrogen-bond donors (Lipinski definition) is 2. The smallest absolute Gasteiger partial charge is 0.124 e. The zero-order valence-electron chi connectivity index (χ0n) is 10.5. The summed E-state index contributed by atoms with van der Waals surface area (Å²) in [5.41, 5.74) is 5.47. The molecule has 4 heteroatoms. The molecule has 0 heterocycles. The molecule has 1 rings (SSSR count). The Morgan fingerprint density at radius 2 is 2.18 bits per heavy atom. The van der Waals surface area contributed by atoms with Gasteiger partial charge in [-0.05, 0) is 38.5 Å². The van der Waals surface area contributed by atoms with Crippen LogP contribution in [0.25, 0.3) is 0 Å². The van der Waals surface area contributed by atoms with Crippen LogP contribution in [0, 0.1) is 5.82 Å². The molecular weight excluding hydrogens is 221 g/mol. The number of nitrogens with two attached hydrogens (primary N) is 1. The van der Waals surface area contributed by atoms with Gasteiger partial charge < -0.3 is 15.6 Å². The van der Waals surface area contributed by atoms with Gasteiger partial charge in [-0.3, -0.25) is 0 Å². The Bertz CT molecular complexity index is 378. The predicted molar refractivity (Wildman–Crippen MR) is 65.4 cm³/mol. The van der Waals surface area contributed by atoms with Gasteiger partial charge in [-0.25, -0.2) is 4.39 Å². The molecule has 1 aromatic rings. The van der Waals surface area contributed by atoms with E-state index in [2.05, 4.69) is 0 Å². The summed E-state index contributed by atoms with van der Waals surface area (Å²) >= 11 is 0. The minimum absolute atomic E-state index is 0.162. The summed E-state index contributed by atoms with van der Waals surface area (Å²) in [6, 6.07) is 3.91. The third-order valence-corrected chi connectivity index (χ3v) is 2.76. The fourth-order valence-corrected chi connectivity index (χ4v) is 1.34. The molecule has 3 nitrogen and oxygen atoms in total. The largest absolute Gasteiger partial charge is 0.490 e. The molecule has 3 N–H and O–H groups in total. The lowest BCUT2D eigenvalue weighted by Gasteiger charge is -2.23. The van der Waals surface area contributed by atoms with Crippen LogP contribution in [0.2, 0.25) is 0 Å². The zero-order valence-corrected chi connectivity index (χ0v) is 10.5. The lowest BCUT2D eigenvalue weighted by molar-refractivity contribution is 0.00808. The van der Waals surface area contributed by atoms with E-state index in [1.807, 2.05) is 6.92 Å². The summed E-state index contributed by atoms with van der Waals surface area (Å²) in [5.74, 6) is 0.182. The first kappa shape index (κ1) is 13.9. The van der Waals surface area contributed by atoms with Crippen molar-refractivity contribution in [3.05, 3.63) is 29.6 Å². The first-order valence-electron chi connectivity index (χ1n) is 5.76. The summed E-state index contributed by atoms with van der Waals surface area (Å²) in [5, 5.41) is 9.84. The molecule has 0 saturated heterocycles. The highest BCUT2D eigenvalue weighted by atomic mass is 19.1. The van der Waals surface area contributed by atoms with Gasteiger partial charge in [0.25, 0.3) is 0 Å². The average Bonchev–Trinajstić information content (AvgIpc) is 2.27. The molecule has 0 aliphatic rings. The van der Waals surface area contributed by atoms with Gasteiger partial charge in [0.15, 0.2) is 0 Å². The van der Waals surface area contributed by atoms with Gasteiger partial charge in [0.05, 0.1) is 5.60 Å². The molecule has 0 fully saturated rings. The molecule has 0 aliphatic heterocycles. The van der Waals surface area contributed by atoms with Crippen molar-refractivity contribution in [2.24, 2.45) is 5.73 Å². The minimum atomic E-state index is -0.885. The molecule has 0 radical (unpaired) electrons. The molecule has 17 heavy (non-hydrogen) atoms. The van der Waals surface area contributed by atoms with Gasteiger partial charge in [0, 0.05) is 11.6 Å². The summed E-state index contributed by atoms with van der Waals surface area (Å²) in [6.45, 7) is 5.50. The Hall–Kier alpha value is -1.13. The van der Waals surface area contributed by atoms with Crippen molar-refractivity contribution < 1.29 is 14.2 Å². The maximum atomic E-state index is 13.1. The highest BCUT2D eigenvalue weighted by molar-refractivity contribution is 5.36. The SMILES string of the molecule is CCC(C)(O)COc1ccc(F)cc1C(C)N. The van der Waals surface area contributed by atoms with E-state index in [-0.39, 0.29) is 18.5 Å². The van der Waals surface area contributed by atoms with Crippen LogP contribution < -0.4 is 10.5 Å². The number of rotatable bonds is 5. The molecule has 0 saturated carbocycles. The van der Waals surface area contributed by atoms with Crippen molar-refractivity contribution >= 4 is 0 Å². The molecule has 96 valence electrons.